The zero-order valence-electron chi connectivity index (χ0n) is 9.97. The van der Waals surface area contributed by atoms with E-state index >= 15 is 0 Å². The van der Waals surface area contributed by atoms with Gasteiger partial charge >= 0.3 is 0 Å². The molecule has 0 aromatic heterocycles. The SMILES string of the molecule is CC1CC1C(=O)N1CCC(O)c2ccccc21. The Morgan fingerprint density at radius 2 is 2.12 bits per heavy atom. The molecule has 1 heterocycles. The lowest BCUT2D eigenvalue weighted by Crippen LogP contribution is -2.37. The Kier molecular flexibility index (Phi) is 2.44. The maximum absolute atomic E-state index is 12.3. The van der Waals surface area contributed by atoms with Gasteiger partial charge in [0.1, 0.15) is 0 Å². The maximum atomic E-state index is 12.3. The zero-order valence-corrected chi connectivity index (χ0v) is 9.97. The van der Waals surface area contributed by atoms with Crippen LogP contribution in [0.4, 0.5) is 5.69 Å². The van der Waals surface area contributed by atoms with Gasteiger partial charge in [0, 0.05) is 23.7 Å². The van der Waals surface area contributed by atoms with Gasteiger partial charge in [-0.1, -0.05) is 25.1 Å². The standard InChI is InChI=1S/C14H17NO2/c1-9-8-11(9)14(17)15-7-6-13(16)10-4-2-3-5-12(10)15/h2-5,9,11,13,16H,6-8H2,1H3. The summed E-state index contributed by atoms with van der Waals surface area (Å²) in [7, 11) is 0. The van der Waals surface area contributed by atoms with E-state index in [-0.39, 0.29) is 11.8 Å². The normalized spacial score (nSPS) is 30.9. The molecule has 0 saturated heterocycles. The van der Waals surface area contributed by atoms with Gasteiger partial charge in [0.25, 0.3) is 0 Å². The van der Waals surface area contributed by atoms with Crippen LogP contribution < -0.4 is 4.90 Å². The predicted octanol–water partition coefficient (Wildman–Crippen LogP) is 2.11. The molecule has 1 N–H and O–H groups in total. The number of carbonyl (C=O) groups excluding carboxylic acids is 1. The van der Waals surface area contributed by atoms with E-state index in [0.717, 1.165) is 17.7 Å². The number of nitrogens with zero attached hydrogens (tertiary/aromatic N) is 1. The van der Waals surface area contributed by atoms with Crippen molar-refractivity contribution in [2.45, 2.75) is 25.9 Å². The molecule has 17 heavy (non-hydrogen) atoms. The molecule has 1 aromatic rings. The van der Waals surface area contributed by atoms with E-state index in [1.807, 2.05) is 29.2 Å². The number of fused-ring (bicyclic) bond motifs is 1. The summed E-state index contributed by atoms with van der Waals surface area (Å²) >= 11 is 0. The molecule has 3 unspecified atom stereocenters. The Bertz CT molecular complexity index is 457. The van der Waals surface area contributed by atoms with E-state index in [1.54, 1.807) is 0 Å². The Morgan fingerprint density at radius 3 is 2.82 bits per heavy atom. The van der Waals surface area contributed by atoms with Crippen LogP contribution in [0.2, 0.25) is 0 Å². The average Bonchev–Trinajstić information content (AvgIpc) is 3.07. The van der Waals surface area contributed by atoms with Crippen molar-refractivity contribution in [2.75, 3.05) is 11.4 Å². The Balaban J connectivity index is 1.92. The van der Waals surface area contributed by atoms with Gasteiger partial charge < -0.3 is 10.0 Å². The fourth-order valence-electron chi connectivity index (χ4n) is 2.64. The lowest BCUT2D eigenvalue weighted by molar-refractivity contribution is -0.120. The van der Waals surface area contributed by atoms with Crippen molar-refractivity contribution in [2.24, 2.45) is 11.8 Å². The second-order valence-corrected chi connectivity index (χ2v) is 5.17. The third-order valence-electron chi connectivity index (χ3n) is 3.91. The minimum Gasteiger partial charge on any atom is -0.388 e. The molecule has 1 saturated carbocycles. The molecule has 1 fully saturated rings. The quantitative estimate of drug-likeness (QED) is 0.804. The van der Waals surface area contributed by atoms with E-state index < -0.39 is 6.10 Å². The molecule has 1 amide bonds. The third-order valence-corrected chi connectivity index (χ3v) is 3.91. The van der Waals surface area contributed by atoms with Gasteiger partial charge in [0.15, 0.2) is 0 Å². The highest BCUT2D eigenvalue weighted by Gasteiger charge is 2.43. The number of amides is 1. The van der Waals surface area contributed by atoms with E-state index in [0.29, 0.717) is 18.9 Å². The van der Waals surface area contributed by atoms with Gasteiger partial charge in [0.05, 0.1) is 6.10 Å². The van der Waals surface area contributed by atoms with Crippen LogP contribution in [0.15, 0.2) is 24.3 Å². The minimum absolute atomic E-state index is 0.207. The number of carbonyl (C=O) groups is 1. The maximum Gasteiger partial charge on any atom is 0.230 e. The van der Waals surface area contributed by atoms with Gasteiger partial charge in [-0.25, -0.2) is 0 Å². The molecule has 90 valence electrons. The van der Waals surface area contributed by atoms with Gasteiger partial charge in [-0.05, 0) is 24.8 Å². The molecule has 2 aliphatic rings. The Hall–Kier alpha value is -1.35. The molecule has 3 nitrogen and oxygen atoms in total. The number of anilines is 1. The number of benzene rings is 1. The highest BCUT2D eigenvalue weighted by atomic mass is 16.3. The van der Waals surface area contributed by atoms with Crippen LogP contribution in [0.5, 0.6) is 0 Å². The van der Waals surface area contributed by atoms with E-state index in [1.165, 1.54) is 0 Å². The van der Waals surface area contributed by atoms with Crippen molar-refractivity contribution in [3.8, 4) is 0 Å². The van der Waals surface area contributed by atoms with Crippen LogP contribution in [-0.2, 0) is 4.79 Å². The number of para-hydroxylation sites is 1. The molecule has 1 aromatic carbocycles. The molecule has 3 heteroatoms. The predicted molar refractivity (Wildman–Crippen MR) is 65.6 cm³/mol. The fraction of sp³-hybridized carbons (Fsp3) is 0.500. The van der Waals surface area contributed by atoms with Crippen LogP contribution in [0.25, 0.3) is 0 Å². The van der Waals surface area contributed by atoms with E-state index in [2.05, 4.69) is 6.92 Å². The monoisotopic (exact) mass is 231 g/mol. The topological polar surface area (TPSA) is 40.5 Å². The summed E-state index contributed by atoms with van der Waals surface area (Å²) in [5, 5.41) is 9.93. The van der Waals surface area contributed by atoms with Gasteiger partial charge in [-0.15, -0.1) is 0 Å². The van der Waals surface area contributed by atoms with Gasteiger partial charge in [-0.2, -0.15) is 0 Å². The second kappa shape index (κ2) is 3.84. The number of hydrogen-bond donors (Lipinski definition) is 1. The lowest BCUT2D eigenvalue weighted by Gasteiger charge is -2.32. The average molecular weight is 231 g/mol. The molecule has 3 rings (SSSR count). The third kappa shape index (κ3) is 1.75. The number of aliphatic hydroxyl groups is 1. The molecular weight excluding hydrogens is 214 g/mol. The first kappa shape index (κ1) is 10.8. The molecular formula is C14H17NO2. The zero-order chi connectivity index (χ0) is 12.0. The first-order valence-corrected chi connectivity index (χ1v) is 6.27. The molecule has 1 aliphatic carbocycles. The van der Waals surface area contributed by atoms with Crippen LogP contribution in [-0.4, -0.2) is 17.6 Å². The van der Waals surface area contributed by atoms with Crippen molar-refractivity contribution >= 4 is 11.6 Å². The first-order valence-electron chi connectivity index (χ1n) is 6.27. The van der Waals surface area contributed by atoms with E-state index in [4.69, 9.17) is 0 Å². The summed E-state index contributed by atoms with van der Waals surface area (Å²) in [4.78, 5) is 14.1. The van der Waals surface area contributed by atoms with Crippen LogP contribution in [0.1, 0.15) is 31.4 Å². The van der Waals surface area contributed by atoms with Crippen molar-refractivity contribution < 1.29 is 9.90 Å². The van der Waals surface area contributed by atoms with Crippen molar-refractivity contribution in [3.05, 3.63) is 29.8 Å². The number of rotatable bonds is 1. The van der Waals surface area contributed by atoms with Crippen molar-refractivity contribution in [3.63, 3.8) is 0 Å². The van der Waals surface area contributed by atoms with Gasteiger partial charge in [-0.3, -0.25) is 4.79 Å². The number of hydrogen-bond acceptors (Lipinski definition) is 2. The largest absolute Gasteiger partial charge is 0.388 e. The summed E-state index contributed by atoms with van der Waals surface area (Å²) in [6.07, 6.45) is 1.23. The molecule has 1 aliphatic heterocycles. The van der Waals surface area contributed by atoms with Gasteiger partial charge in [0.2, 0.25) is 5.91 Å². The van der Waals surface area contributed by atoms with Crippen molar-refractivity contribution in [1.82, 2.24) is 0 Å². The summed E-state index contributed by atoms with van der Waals surface area (Å²) in [5.41, 5.74) is 1.79. The number of aliphatic hydroxyl groups excluding tert-OH is 1. The van der Waals surface area contributed by atoms with E-state index in [9.17, 15) is 9.90 Å². The van der Waals surface area contributed by atoms with Crippen LogP contribution >= 0.6 is 0 Å². The lowest BCUT2D eigenvalue weighted by atomic mass is 9.98. The summed E-state index contributed by atoms with van der Waals surface area (Å²) in [6, 6.07) is 7.68. The first-order chi connectivity index (χ1) is 8.18. The summed E-state index contributed by atoms with van der Waals surface area (Å²) in [6.45, 7) is 2.76. The van der Waals surface area contributed by atoms with Crippen molar-refractivity contribution in [1.29, 1.82) is 0 Å². The highest BCUT2D eigenvalue weighted by molar-refractivity contribution is 5.97. The van der Waals surface area contributed by atoms with Crippen LogP contribution in [0, 0.1) is 11.8 Å². The molecule has 3 atom stereocenters. The Labute approximate surface area is 101 Å². The smallest absolute Gasteiger partial charge is 0.230 e. The second-order valence-electron chi connectivity index (χ2n) is 5.17. The minimum atomic E-state index is -0.424. The summed E-state index contributed by atoms with van der Waals surface area (Å²) in [5.74, 6) is 0.969. The molecule has 0 bridgehead atoms. The highest BCUT2D eigenvalue weighted by Crippen LogP contribution is 2.42. The molecule has 0 radical (unpaired) electrons. The Morgan fingerprint density at radius 1 is 1.41 bits per heavy atom. The molecule has 0 spiro atoms. The summed E-state index contributed by atoms with van der Waals surface area (Å²) < 4.78 is 0. The fourth-order valence-corrected chi connectivity index (χ4v) is 2.64. The van der Waals surface area contributed by atoms with Crippen LogP contribution in [0.3, 0.4) is 0 Å².